The molecule has 0 nitrogen and oxygen atoms in total. The summed E-state index contributed by atoms with van der Waals surface area (Å²) in [6.45, 7) is 18.9. The molecule has 0 atom stereocenters. The Balaban J connectivity index is -0.000000183. The van der Waals surface area contributed by atoms with Gasteiger partial charge in [0.15, 0.2) is 0 Å². The molecule has 4 saturated carbocycles. The zero-order valence-electron chi connectivity index (χ0n) is 23.9. The first-order chi connectivity index (χ1) is 15.2. The van der Waals surface area contributed by atoms with Crippen LogP contribution in [0.25, 0.3) is 0 Å². The van der Waals surface area contributed by atoms with E-state index in [0.717, 1.165) is 47.3 Å². The van der Waals surface area contributed by atoms with Crippen LogP contribution in [0.3, 0.4) is 0 Å². The van der Waals surface area contributed by atoms with Gasteiger partial charge in [0.1, 0.15) is 0 Å². The Morgan fingerprint density at radius 2 is 0.286 bits per heavy atom. The van der Waals surface area contributed by atoms with Gasteiger partial charge in [-0.1, -0.05) is 180 Å². The maximum absolute atomic E-state index is 2.37. The minimum absolute atomic E-state index is 0. The van der Waals surface area contributed by atoms with Gasteiger partial charge < -0.3 is 0 Å². The third-order valence-corrected chi connectivity index (χ3v) is 9.22. The van der Waals surface area contributed by atoms with E-state index in [0.29, 0.717) is 0 Å². The van der Waals surface area contributed by atoms with E-state index in [1.807, 2.05) is 0 Å². The van der Waals surface area contributed by atoms with Crippen LogP contribution in [0.5, 0.6) is 0 Å². The molecule has 0 amide bonds. The van der Waals surface area contributed by atoms with Gasteiger partial charge in [-0.25, -0.2) is 0 Å². The molecule has 0 spiro atoms. The fourth-order valence-electron chi connectivity index (χ4n) is 5.71. The van der Waals surface area contributed by atoms with Crippen LogP contribution in [0.1, 0.15) is 182 Å². The normalized spacial score (nSPS) is 36.3. The summed E-state index contributed by atoms with van der Waals surface area (Å²) in [4.78, 5) is 0. The molecule has 0 aromatic carbocycles. The van der Waals surface area contributed by atoms with Gasteiger partial charge in [0, 0.05) is 1.43 Å². The summed E-state index contributed by atoms with van der Waals surface area (Å²) in [5.41, 5.74) is 0. The van der Waals surface area contributed by atoms with E-state index in [1.54, 1.807) is 0 Å². The lowest BCUT2D eigenvalue weighted by Gasteiger charge is -2.22. The summed E-state index contributed by atoms with van der Waals surface area (Å²) in [7, 11) is 0. The van der Waals surface area contributed by atoms with Crippen molar-refractivity contribution in [3.8, 4) is 0 Å². The van der Waals surface area contributed by atoms with Gasteiger partial charge in [-0.2, -0.15) is 0 Å². The molecule has 0 aliphatic heterocycles. The molecule has 35 heavy (non-hydrogen) atoms. The first-order valence-electron chi connectivity index (χ1n) is 15.2. The second-order valence-corrected chi connectivity index (χ2v) is 13.5. The Hall–Kier alpha value is 0. The highest BCUT2D eigenvalue weighted by Crippen LogP contribution is 2.29. The summed E-state index contributed by atoms with van der Waals surface area (Å²) >= 11 is 0. The lowest BCUT2D eigenvalue weighted by Crippen LogP contribution is -2.08. The van der Waals surface area contributed by atoms with E-state index in [9.17, 15) is 0 Å². The molecular formula is C35H78. The molecule has 0 aromatic rings. The summed E-state index contributed by atoms with van der Waals surface area (Å²) in [5.74, 6) is 8.16. The maximum atomic E-state index is 2.37. The van der Waals surface area contributed by atoms with Gasteiger partial charge in [0.25, 0.3) is 0 Å². The first-order valence-corrected chi connectivity index (χ1v) is 15.2. The highest BCUT2D eigenvalue weighted by molar-refractivity contribution is 4.67. The third kappa shape index (κ3) is 21.8. The van der Waals surface area contributed by atoms with Gasteiger partial charge in [-0.15, -0.1) is 0 Å². The highest BCUT2D eigenvalue weighted by Gasteiger charge is 2.15. The zero-order chi connectivity index (χ0) is 23.9. The molecular weight excluding hydrogens is 420 g/mol. The smallest absolute Gasteiger partial charge is 0 e. The van der Waals surface area contributed by atoms with E-state index in [-0.39, 0.29) is 23.7 Å². The van der Waals surface area contributed by atoms with E-state index in [4.69, 9.17) is 0 Å². The van der Waals surface area contributed by atoms with Crippen molar-refractivity contribution in [1.82, 2.24) is 0 Å². The monoisotopic (exact) mass is 499 g/mol. The molecule has 0 saturated heterocycles. The van der Waals surface area contributed by atoms with Crippen LogP contribution in [-0.4, -0.2) is 0 Å². The second-order valence-electron chi connectivity index (χ2n) is 13.5. The lowest BCUT2D eigenvalue weighted by molar-refractivity contribution is 0.308. The van der Waals surface area contributed by atoms with Crippen LogP contribution >= 0.6 is 0 Å². The van der Waals surface area contributed by atoms with Gasteiger partial charge in [-0.05, 0) is 47.3 Å². The Morgan fingerprint density at radius 3 is 0.343 bits per heavy atom. The van der Waals surface area contributed by atoms with Crippen molar-refractivity contribution in [3.05, 3.63) is 0 Å². The molecule has 0 unspecified atom stereocenters. The molecule has 0 N–H and O–H groups in total. The molecule has 0 aromatic heterocycles. The minimum atomic E-state index is 0. The highest BCUT2D eigenvalue weighted by atomic mass is 14.2. The molecule has 4 rings (SSSR count). The molecule has 4 aliphatic rings. The van der Waals surface area contributed by atoms with Gasteiger partial charge >= 0.3 is 0 Å². The van der Waals surface area contributed by atoms with Crippen molar-refractivity contribution in [1.29, 1.82) is 0 Å². The standard InChI is InChI=1S/4C8H16.3CH4.H2/c4*1-7-3-5-8(2)6-4-7;;;;/h4*7-8H,3-6H2,1-2H3;3*1H4;1H. The lowest BCUT2D eigenvalue weighted by atomic mass is 9.84. The van der Waals surface area contributed by atoms with E-state index in [2.05, 4.69) is 55.4 Å². The van der Waals surface area contributed by atoms with Crippen molar-refractivity contribution >= 4 is 0 Å². The quantitative estimate of drug-likeness (QED) is 0.311. The predicted molar refractivity (Wildman–Crippen MR) is 169 cm³/mol. The number of hydrogen-bond acceptors (Lipinski definition) is 0. The summed E-state index contributed by atoms with van der Waals surface area (Å²) in [6, 6.07) is 0. The third-order valence-electron chi connectivity index (χ3n) is 9.22. The number of hydrogen-bond donors (Lipinski definition) is 0. The van der Waals surface area contributed by atoms with Gasteiger partial charge in [0.2, 0.25) is 0 Å². The zero-order valence-corrected chi connectivity index (χ0v) is 23.9. The SMILES string of the molecule is C.C.C.CC1CCC(C)CC1.CC1CCC(C)CC1.CC1CCC(C)CC1.CC1CCC(C)CC1.[HH]. The number of rotatable bonds is 0. The molecule has 0 radical (unpaired) electrons. The van der Waals surface area contributed by atoms with Crippen LogP contribution in [-0.2, 0) is 0 Å². The van der Waals surface area contributed by atoms with Crippen LogP contribution in [0, 0.1) is 47.3 Å². The average molecular weight is 499 g/mol. The second kappa shape index (κ2) is 23.1. The average Bonchev–Trinajstić information content (AvgIpc) is 2.78. The fraction of sp³-hybridized carbons (Fsp3) is 1.00. The van der Waals surface area contributed by atoms with Gasteiger partial charge in [-0.3, -0.25) is 0 Å². The maximum Gasteiger partial charge on any atom is 0 e. The van der Waals surface area contributed by atoms with Crippen molar-refractivity contribution in [2.75, 3.05) is 0 Å². The Morgan fingerprint density at radius 1 is 0.229 bits per heavy atom. The van der Waals surface area contributed by atoms with Crippen LogP contribution in [0.2, 0.25) is 0 Å². The molecule has 218 valence electrons. The minimum Gasteiger partial charge on any atom is -0.0776 e. The van der Waals surface area contributed by atoms with Crippen LogP contribution in [0.15, 0.2) is 0 Å². The fourth-order valence-corrected chi connectivity index (χ4v) is 5.71. The molecule has 0 heterocycles. The first kappa shape index (κ1) is 39.5. The summed E-state index contributed by atoms with van der Waals surface area (Å²) in [6.07, 6.45) is 23.6. The molecule has 4 fully saturated rings. The predicted octanol–water partition coefficient (Wildman–Crippen LogP) is 13.5. The van der Waals surface area contributed by atoms with Gasteiger partial charge in [0.05, 0.1) is 0 Å². The Bertz CT molecular complexity index is 280. The van der Waals surface area contributed by atoms with Crippen LogP contribution in [0.4, 0.5) is 0 Å². The Labute approximate surface area is 229 Å². The van der Waals surface area contributed by atoms with E-state index >= 15 is 0 Å². The summed E-state index contributed by atoms with van der Waals surface area (Å²) < 4.78 is 0. The van der Waals surface area contributed by atoms with Crippen LogP contribution < -0.4 is 0 Å². The topological polar surface area (TPSA) is 0 Å². The Kier molecular flexibility index (Phi) is 26.1. The van der Waals surface area contributed by atoms with Crippen molar-refractivity contribution < 1.29 is 1.43 Å². The summed E-state index contributed by atoms with van der Waals surface area (Å²) in [5, 5.41) is 0. The molecule has 0 bridgehead atoms. The largest absolute Gasteiger partial charge is 0.0776 e. The van der Waals surface area contributed by atoms with Crippen molar-refractivity contribution in [2.45, 2.75) is 180 Å². The van der Waals surface area contributed by atoms with E-state index < -0.39 is 0 Å². The van der Waals surface area contributed by atoms with Crippen molar-refractivity contribution in [3.63, 3.8) is 0 Å². The molecule has 0 heteroatoms. The van der Waals surface area contributed by atoms with E-state index in [1.165, 1.54) is 103 Å². The van der Waals surface area contributed by atoms with Crippen molar-refractivity contribution in [2.24, 2.45) is 47.3 Å². The molecule has 4 aliphatic carbocycles.